The molecule has 0 saturated carbocycles. The predicted molar refractivity (Wildman–Crippen MR) is 91.4 cm³/mol. The standard InChI is InChI=1S/C19H19N3O3/c23-17(21-25)14-4-5-15-12-19(7-6-13(15)11-14)8-10-22(18(19)24)16-3-1-2-9-20-16/h1-5,9,11,25H,6-8,10,12H2,(H,21,23)/t19-/m1/s1. The Balaban J connectivity index is 1.60. The number of aromatic nitrogens is 1. The van der Waals surface area contributed by atoms with Gasteiger partial charge in [0.05, 0.1) is 5.41 Å². The molecular formula is C19H19N3O3. The number of carbonyl (C=O) groups excluding carboxylic acids is 2. The molecule has 2 N–H and O–H groups in total. The predicted octanol–water partition coefficient (Wildman–Crippen LogP) is 2.11. The first-order chi connectivity index (χ1) is 12.1. The lowest BCUT2D eigenvalue weighted by Crippen LogP contribution is -2.39. The molecule has 1 fully saturated rings. The molecule has 2 aromatic rings. The molecule has 6 heteroatoms. The van der Waals surface area contributed by atoms with Crippen molar-refractivity contribution in [2.75, 3.05) is 11.4 Å². The maximum Gasteiger partial charge on any atom is 0.274 e. The molecule has 0 radical (unpaired) electrons. The molecule has 1 aliphatic heterocycles. The van der Waals surface area contributed by atoms with Crippen LogP contribution >= 0.6 is 0 Å². The summed E-state index contributed by atoms with van der Waals surface area (Å²) in [6.45, 7) is 0.691. The van der Waals surface area contributed by atoms with E-state index >= 15 is 0 Å². The van der Waals surface area contributed by atoms with Gasteiger partial charge in [-0.3, -0.25) is 19.7 Å². The second-order valence-corrected chi connectivity index (χ2v) is 6.78. The summed E-state index contributed by atoms with van der Waals surface area (Å²) in [6, 6.07) is 11.0. The smallest absolute Gasteiger partial charge is 0.274 e. The van der Waals surface area contributed by atoms with Gasteiger partial charge in [-0.05, 0) is 61.1 Å². The summed E-state index contributed by atoms with van der Waals surface area (Å²) < 4.78 is 0. The number of aryl methyl sites for hydroxylation is 1. The van der Waals surface area contributed by atoms with Gasteiger partial charge in [-0.25, -0.2) is 10.5 Å². The highest BCUT2D eigenvalue weighted by Gasteiger charge is 2.48. The average Bonchev–Trinajstić information content (AvgIpc) is 2.97. The van der Waals surface area contributed by atoms with E-state index in [1.54, 1.807) is 22.6 Å². The van der Waals surface area contributed by atoms with Gasteiger partial charge in [0.25, 0.3) is 5.91 Å². The minimum absolute atomic E-state index is 0.147. The van der Waals surface area contributed by atoms with Crippen molar-refractivity contribution >= 4 is 17.6 Å². The summed E-state index contributed by atoms with van der Waals surface area (Å²) in [6.07, 6.45) is 4.74. The molecule has 1 atom stereocenters. The van der Waals surface area contributed by atoms with Crippen LogP contribution in [0.3, 0.4) is 0 Å². The number of rotatable bonds is 2. The number of nitrogens with zero attached hydrogens (tertiary/aromatic N) is 2. The summed E-state index contributed by atoms with van der Waals surface area (Å²) in [5.74, 6) is 0.348. The Morgan fingerprint density at radius 2 is 2.08 bits per heavy atom. The van der Waals surface area contributed by atoms with Gasteiger partial charge in [0.1, 0.15) is 5.82 Å². The Labute approximate surface area is 145 Å². The van der Waals surface area contributed by atoms with Crippen LogP contribution in [0.1, 0.15) is 34.3 Å². The van der Waals surface area contributed by atoms with Crippen molar-refractivity contribution in [3.63, 3.8) is 0 Å². The van der Waals surface area contributed by atoms with E-state index in [-0.39, 0.29) is 11.3 Å². The summed E-state index contributed by atoms with van der Waals surface area (Å²) >= 11 is 0. The maximum atomic E-state index is 13.1. The van der Waals surface area contributed by atoms with E-state index in [1.165, 1.54) is 0 Å². The van der Waals surface area contributed by atoms with Gasteiger partial charge in [-0.1, -0.05) is 12.1 Å². The number of hydrogen-bond acceptors (Lipinski definition) is 4. The Morgan fingerprint density at radius 3 is 2.84 bits per heavy atom. The van der Waals surface area contributed by atoms with E-state index in [4.69, 9.17) is 5.21 Å². The molecule has 0 unspecified atom stereocenters. The molecule has 2 aliphatic rings. The molecule has 1 spiro atoms. The Kier molecular flexibility index (Phi) is 3.77. The Hall–Kier alpha value is -2.73. The van der Waals surface area contributed by atoms with E-state index in [1.807, 2.05) is 30.3 Å². The van der Waals surface area contributed by atoms with Crippen LogP contribution in [0.25, 0.3) is 0 Å². The largest absolute Gasteiger partial charge is 0.296 e. The zero-order chi connectivity index (χ0) is 17.4. The van der Waals surface area contributed by atoms with Gasteiger partial charge in [-0.15, -0.1) is 0 Å². The van der Waals surface area contributed by atoms with Gasteiger partial charge in [0, 0.05) is 18.3 Å². The first kappa shape index (κ1) is 15.8. The van der Waals surface area contributed by atoms with Crippen LogP contribution in [-0.4, -0.2) is 28.6 Å². The van der Waals surface area contributed by atoms with Gasteiger partial charge in [-0.2, -0.15) is 0 Å². The summed E-state index contributed by atoms with van der Waals surface area (Å²) in [7, 11) is 0. The van der Waals surface area contributed by atoms with Crippen molar-refractivity contribution in [3.05, 3.63) is 59.3 Å². The van der Waals surface area contributed by atoms with Crippen LogP contribution in [0, 0.1) is 5.41 Å². The highest BCUT2D eigenvalue weighted by molar-refractivity contribution is 5.99. The van der Waals surface area contributed by atoms with Crippen molar-refractivity contribution in [2.45, 2.75) is 25.7 Å². The normalized spacial score (nSPS) is 22.1. The van der Waals surface area contributed by atoms with Gasteiger partial charge < -0.3 is 0 Å². The Morgan fingerprint density at radius 1 is 1.20 bits per heavy atom. The third kappa shape index (κ3) is 2.59. The Bertz CT molecular complexity index is 837. The first-order valence-corrected chi connectivity index (χ1v) is 8.42. The number of pyridine rings is 1. The fourth-order valence-corrected chi connectivity index (χ4v) is 4.01. The lowest BCUT2D eigenvalue weighted by Gasteiger charge is -2.33. The van der Waals surface area contributed by atoms with E-state index in [0.717, 1.165) is 30.4 Å². The van der Waals surface area contributed by atoms with Gasteiger partial charge in [0.15, 0.2) is 0 Å². The zero-order valence-corrected chi connectivity index (χ0v) is 13.7. The monoisotopic (exact) mass is 337 g/mol. The van der Waals surface area contributed by atoms with Crippen LogP contribution in [-0.2, 0) is 17.6 Å². The average molecular weight is 337 g/mol. The lowest BCUT2D eigenvalue weighted by molar-refractivity contribution is -0.126. The van der Waals surface area contributed by atoms with Crippen LogP contribution in [0.2, 0.25) is 0 Å². The second-order valence-electron chi connectivity index (χ2n) is 6.78. The fraction of sp³-hybridized carbons (Fsp3) is 0.316. The molecule has 25 heavy (non-hydrogen) atoms. The first-order valence-electron chi connectivity index (χ1n) is 8.42. The fourth-order valence-electron chi connectivity index (χ4n) is 4.01. The highest BCUT2D eigenvalue weighted by Crippen LogP contribution is 2.44. The maximum absolute atomic E-state index is 13.1. The topological polar surface area (TPSA) is 82.5 Å². The number of fused-ring (bicyclic) bond motifs is 1. The molecule has 1 aromatic heterocycles. The SMILES string of the molecule is O=C(NO)c1ccc2c(c1)CC[C@@]1(CCN(c3ccccn3)C1=O)C2. The van der Waals surface area contributed by atoms with Gasteiger partial charge in [0.2, 0.25) is 5.91 Å². The number of benzene rings is 1. The van der Waals surface area contributed by atoms with Crippen LogP contribution in [0.15, 0.2) is 42.6 Å². The van der Waals surface area contributed by atoms with Crippen molar-refractivity contribution in [3.8, 4) is 0 Å². The second kappa shape index (κ2) is 5.97. The van der Waals surface area contributed by atoms with Crippen molar-refractivity contribution < 1.29 is 14.8 Å². The molecule has 6 nitrogen and oxygen atoms in total. The quantitative estimate of drug-likeness (QED) is 0.649. The van der Waals surface area contributed by atoms with E-state index in [2.05, 4.69) is 4.98 Å². The molecule has 2 heterocycles. The van der Waals surface area contributed by atoms with Crippen molar-refractivity contribution in [2.24, 2.45) is 5.41 Å². The molecule has 2 amide bonds. The third-order valence-electron chi connectivity index (χ3n) is 5.41. The lowest BCUT2D eigenvalue weighted by atomic mass is 9.70. The number of anilines is 1. The number of amides is 2. The van der Waals surface area contributed by atoms with E-state index < -0.39 is 5.91 Å². The van der Waals surface area contributed by atoms with Gasteiger partial charge >= 0.3 is 0 Å². The summed E-state index contributed by atoms with van der Waals surface area (Å²) in [5.41, 5.74) is 3.91. The minimum atomic E-state index is -0.513. The van der Waals surface area contributed by atoms with E-state index in [0.29, 0.717) is 24.3 Å². The highest BCUT2D eigenvalue weighted by atomic mass is 16.5. The molecule has 1 saturated heterocycles. The zero-order valence-electron chi connectivity index (χ0n) is 13.7. The number of carbonyl (C=O) groups is 2. The summed E-state index contributed by atoms with van der Waals surface area (Å²) in [4.78, 5) is 30.8. The van der Waals surface area contributed by atoms with Crippen LogP contribution in [0.4, 0.5) is 5.82 Å². The number of hydroxylamine groups is 1. The van der Waals surface area contributed by atoms with Crippen LogP contribution in [0.5, 0.6) is 0 Å². The molecule has 1 aliphatic carbocycles. The molecule has 128 valence electrons. The molecule has 1 aromatic carbocycles. The number of hydrogen-bond donors (Lipinski definition) is 2. The summed E-state index contributed by atoms with van der Waals surface area (Å²) in [5, 5.41) is 8.78. The third-order valence-corrected chi connectivity index (χ3v) is 5.41. The van der Waals surface area contributed by atoms with Crippen LogP contribution < -0.4 is 10.4 Å². The number of nitrogens with one attached hydrogen (secondary N) is 1. The molecule has 4 rings (SSSR count). The van der Waals surface area contributed by atoms with Crippen molar-refractivity contribution in [1.82, 2.24) is 10.5 Å². The minimum Gasteiger partial charge on any atom is -0.296 e. The van der Waals surface area contributed by atoms with Crippen molar-refractivity contribution in [1.29, 1.82) is 0 Å². The molecular weight excluding hydrogens is 318 g/mol. The van der Waals surface area contributed by atoms with E-state index in [9.17, 15) is 9.59 Å². The molecule has 0 bridgehead atoms.